The second kappa shape index (κ2) is 5.73. The normalized spacial score (nSPS) is 24.9. The van der Waals surface area contributed by atoms with Gasteiger partial charge in [0, 0.05) is 6.42 Å². The molecule has 1 rings (SSSR count). The van der Waals surface area contributed by atoms with Gasteiger partial charge in [0.1, 0.15) is 0 Å². The van der Waals surface area contributed by atoms with Crippen LogP contribution in [-0.2, 0) is 9.47 Å². The highest BCUT2D eigenvalue weighted by atomic mass is 16.6. The molecule has 0 N–H and O–H groups in total. The van der Waals surface area contributed by atoms with Crippen molar-refractivity contribution in [2.24, 2.45) is 16.8 Å². The standard InChI is InChI=1S/C11H19NO3/c1-4-14-10(7-9-6-8(9)3)12-11(13)15-5-2/h8-9H,4-7H2,1-3H3/b12-10+. The predicted molar refractivity (Wildman–Crippen MR) is 58.0 cm³/mol. The Morgan fingerprint density at radius 3 is 2.40 bits per heavy atom. The van der Waals surface area contributed by atoms with Crippen LogP contribution in [0.5, 0.6) is 0 Å². The number of ether oxygens (including phenoxy) is 2. The van der Waals surface area contributed by atoms with Crippen LogP contribution >= 0.6 is 0 Å². The summed E-state index contributed by atoms with van der Waals surface area (Å²) < 4.78 is 10.0. The highest BCUT2D eigenvalue weighted by Crippen LogP contribution is 2.40. The lowest BCUT2D eigenvalue weighted by Crippen LogP contribution is -2.10. The summed E-state index contributed by atoms with van der Waals surface area (Å²) in [5, 5.41) is 0. The maximum Gasteiger partial charge on any atom is 0.436 e. The van der Waals surface area contributed by atoms with Gasteiger partial charge in [-0.05, 0) is 32.1 Å². The van der Waals surface area contributed by atoms with Crippen molar-refractivity contribution in [3.63, 3.8) is 0 Å². The van der Waals surface area contributed by atoms with Crippen LogP contribution < -0.4 is 0 Å². The number of hydrogen-bond donors (Lipinski definition) is 0. The van der Waals surface area contributed by atoms with E-state index in [-0.39, 0.29) is 0 Å². The molecule has 4 heteroatoms. The molecule has 0 aromatic carbocycles. The average Bonchev–Trinajstić information content (AvgIpc) is 2.82. The molecule has 1 amide bonds. The molecule has 0 spiro atoms. The van der Waals surface area contributed by atoms with E-state index < -0.39 is 6.09 Å². The minimum Gasteiger partial charge on any atom is -0.481 e. The summed E-state index contributed by atoms with van der Waals surface area (Å²) in [6.07, 6.45) is 1.41. The number of aliphatic imine (C=N–C) groups is 1. The fraction of sp³-hybridized carbons (Fsp3) is 0.818. The molecule has 1 saturated carbocycles. The van der Waals surface area contributed by atoms with E-state index in [4.69, 9.17) is 9.47 Å². The van der Waals surface area contributed by atoms with E-state index in [1.54, 1.807) is 6.92 Å². The minimum absolute atomic E-state index is 0.349. The number of carbonyl (C=O) groups is 1. The minimum atomic E-state index is -0.547. The molecule has 1 aliphatic carbocycles. The SMILES string of the molecule is CCOC(=O)/N=C(\CC1CC1C)OCC. The van der Waals surface area contributed by atoms with Gasteiger partial charge in [-0.25, -0.2) is 4.79 Å². The topological polar surface area (TPSA) is 47.9 Å². The molecule has 4 nitrogen and oxygen atoms in total. The first kappa shape index (κ1) is 12.0. The smallest absolute Gasteiger partial charge is 0.436 e. The molecule has 86 valence electrons. The Bertz CT molecular complexity index is 250. The summed E-state index contributed by atoms with van der Waals surface area (Å²) >= 11 is 0. The number of amides is 1. The fourth-order valence-electron chi connectivity index (χ4n) is 1.47. The van der Waals surface area contributed by atoms with Crippen molar-refractivity contribution in [3.05, 3.63) is 0 Å². The fourth-order valence-corrected chi connectivity index (χ4v) is 1.47. The molecule has 2 unspecified atom stereocenters. The molecule has 1 aliphatic rings. The lowest BCUT2D eigenvalue weighted by molar-refractivity contribution is 0.162. The van der Waals surface area contributed by atoms with Gasteiger partial charge in [0.25, 0.3) is 0 Å². The van der Waals surface area contributed by atoms with Crippen LogP contribution in [0.15, 0.2) is 4.99 Å². The van der Waals surface area contributed by atoms with Crippen molar-refractivity contribution < 1.29 is 14.3 Å². The van der Waals surface area contributed by atoms with Gasteiger partial charge in [-0.2, -0.15) is 0 Å². The molecule has 2 atom stereocenters. The Kier molecular flexibility index (Phi) is 4.59. The van der Waals surface area contributed by atoms with Crippen molar-refractivity contribution in [1.82, 2.24) is 0 Å². The summed E-state index contributed by atoms with van der Waals surface area (Å²) in [5.41, 5.74) is 0. The quantitative estimate of drug-likeness (QED) is 0.532. The van der Waals surface area contributed by atoms with Gasteiger partial charge in [0.15, 0.2) is 5.90 Å². The first-order valence-electron chi connectivity index (χ1n) is 5.54. The van der Waals surface area contributed by atoms with E-state index in [0.717, 1.165) is 12.3 Å². The third-order valence-electron chi connectivity index (χ3n) is 2.51. The number of carbonyl (C=O) groups excluding carboxylic acids is 1. The Labute approximate surface area is 90.7 Å². The van der Waals surface area contributed by atoms with Gasteiger partial charge in [0.2, 0.25) is 0 Å². The van der Waals surface area contributed by atoms with Gasteiger partial charge in [-0.1, -0.05) is 6.92 Å². The zero-order valence-corrected chi connectivity index (χ0v) is 9.66. The average molecular weight is 213 g/mol. The lowest BCUT2D eigenvalue weighted by atomic mass is 10.2. The van der Waals surface area contributed by atoms with Crippen molar-refractivity contribution in [2.45, 2.75) is 33.6 Å². The van der Waals surface area contributed by atoms with E-state index in [1.165, 1.54) is 6.42 Å². The van der Waals surface area contributed by atoms with Gasteiger partial charge < -0.3 is 9.47 Å². The predicted octanol–water partition coefficient (Wildman–Crippen LogP) is 2.62. The molecule has 0 radical (unpaired) electrons. The van der Waals surface area contributed by atoms with Crippen molar-refractivity contribution in [2.75, 3.05) is 13.2 Å². The molecular formula is C11H19NO3. The van der Waals surface area contributed by atoms with Crippen LogP contribution in [-0.4, -0.2) is 25.2 Å². The van der Waals surface area contributed by atoms with Gasteiger partial charge in [0.05, 0.1) is 13.2 Å². The Balaban J connectivity index is 2.44. The summed E-state index contributed by atoms with van der Waals surface area (Å²) in [6, 6.07) is 0. The summed E-state index contributed by atoms with van der Waals surface area (Å²) in [4.78, 5) is 14.9. The van der Waals surface area contributed by atoms with Crippen molar-refractivity contribution >= 4 is 12.0 Å². The summed E-state index contributed by atoms with van der Waals surface area (Å²) in [7, 11) is 0. The second-order valence-corrected chi connectivity index (χ2v) is 3.81. The maximum atomic E-state index is 11.1. The van der Waals surface area contributed by atoms with Crippen molar-refractivity contribution in [1.29, 1.82) is 0 Å². The summed E-state index contributed by atoms with van der Waals surface area (Å²) in [6.45, 7) is 6.73. The Morgan fingerprint density at radius 2 is 1.93 bits per heavy atom. The third kappa shape index (κ3) is 4.32. The second-order valence-electron chi connectivity index (χ2n) is 3.81. The van der Waals surface area contributed by atoms with Crippen LogP contribution in [0.4, 0.5) is 4.79 Å². The highest BCUT2D eigenvalue weighted by Gasteiger charge is 2.34. The first-order chi connectivity index (χ1) is 7.17. The summed E-state index contributed by atoms with van der Waals surface area (Å²) in [5.74, 6) is 1.88. The molecule has 15 heavy (non-hydrogen) atoms. The van der Waals surface area contributed by atoms with Gasteiger partial charge in [-0.15, -0.1) is 4.99 Å². The highest BCUT2D eigenvalue weighted by molar-refractivity contribution is 5.88. The van der Waals surface area contributed by atoms with Crippen LogP contribution in [0.2, 0.25) is 0 Å². The van der Waals surface area contributed by atoms with Gasteiger partial charge in [-0.3, -0.25) is 0 Å². The zero-order valence-electron chi connectivity index (χ0n) is 9.66. The van der Waals surface area contributed by atoms with Gasteiger partial charge >= 0.3 is 6.09 Å². The monoisotopic (exact) mass is 213 g/mol. The third-order valence-corrected chi connectivity index (χ3v) is 2.51. The van der Waals surface area contributed by atoms with E-state index in [1.807, 2.05) is 6.92 Å². The number of nitrogens with zero attached hydrogens (tertiary/aromatic N) is 1. The molecule has 0 saturated heterocycles. The van der Waals surface area contributed by atoms with E-state index in [9.17, 15) is 4.79 Å². The van der Waals surface area contributed by atoms with E-state index in [0.29, 0.717) is 25.0 Å². The first-order valence-corrected chi connectivity index (χ1v) is 5.54. The number of rotatable bonds is 4. The molecule has 1 fully saturated rings. The maximum absolute atomic E-state index is 11.1. The van der Waals surface area contributed by atoms with Crippen LogP contribution in [0.3, 0.4) is 0 Å². The molecule has 0 aromatic heterocycles. The van der Waals surface area contributed by atoms with E-state index in [2.05, 4.69) is 11.9 Å². The molecule has 0 aliphatic heterocycles. The largest absolute Gasteiger partial charge is 0.481 e. The van der Waals surface area contributed by atoms with Crippen LogP contribution in [0, 0.1) is 11.8 Å². The molecule has 0 heterocycles. The molecule has 0 aromatic rings. The van der Waals surface area contributed by atoms with E-state index >= 15 is 0 Å². The van der Waals surface area contributed by atoms with Crippen LogP contribution in [0.25, 0.3) is 0 Å². The lowest BCUT2D eigenvalue weighted by Gasteiger charge is -2.06. The van der Waals surface area contributed by atoms with Crippen LogP contribution in [0.1, 0.15) is 33.6 Å². The van der Waals surface area contributed by atoms with Crippen molar-refractivity contribution in [3.8, 4) is 0 Å². The number of hydrogen-bond acceptors (Lipinski definition) is 3. The zero-order chi connectivity index (χ0) is 11.3. The Hall–Kier alpha value is -1.06. The Morgan fingerprint density at radius 1 is 1.33 bits per heavy atom. The molecular weight excluding hydrogens is 194 g/mol. The molecule has 0 bridgehead atoms.